The number of carbonyl (C=O) groups excluding carboxylic acids is 1. The van der Waals surface area contributed by atoms with Crippen LogP contribution in [-0.4, -0.2) is 46.4 Å². The van der Waals surface area contributed by atoms with Crippen molar-refractivity contribution in [3.8, 4) is 0 Å². The van der Waals surface area contributed by atoms with Gasteiger partial charge in [0, 0.05) is 56.1 Å². The normalized spacial score (nSPS) is 22.6. The van der Waals surface area contributed by atoms with E-state index in [1.165, 1.54) is 17.5 Å². The Kier molecular flexibility index (Phi) is 5.74. The van der Waals surface area contributed by atoms with Crippen molar-refractivity contribution in [2.75, 3.05) is 19.6 Å². The third kappa shape index (κ3) is 4.69. The van der Waals surface area contributed by atoms with Gasteiger partial charge >= 0.3 is 0 Å². The molecule has 4 nitrogen and oxygen atoms in total. The zero-order chi connectivity index (χ0) is 18.6. The van der Waals surface area contributed by atoms with Crippen LogP contribution in [0.1, 0.15) is 30.4 Å². The lowest BCUT2D eigenvalue weighted by Crippen LogP contribution is -2.47. The van der Waals surface area contributed by atoms with E-state index in [4.69, 9.17) is 11.6 Å². The van der Waals surface area contributed by atoms with E-state index in [1.807, 2.05) is 42.7 Å². The van der Waals surface area contributed by atoms with Crippen molar-refractivity contribution in [2.24, 2.45) is 5.92 Å². The first kappa shape index (κ1) is 18.5. The lowest BCUT2D eigenvalue weighted by Gasteiger charge is -2.36. The predicted molar refractivity (Wildman–Crippen MR) is 108 cm³/mol. The molecule has 5 heteroatoms. The third-order valence-corrected chi connectivity index (χ3v) is 6.03. The largest absolute Gasteiger partial charge is 0.338 e. The predicted octanol–water partition coefficient (Wildman–Crippen LogP) is 3.79. The van der Waals surface area contributed by atoms with Gasteiger partial charge in [0.2, 0.25) is 5.91 Å². The Bertz CT molecular complexity index is 765. The van der Waals surface area contributed by atoms with Crippen LogP contribution in [0.15, 0.2) is 48.8 Å². The van der Waals surface area contributed by atoms with E-state index in [0.29, 0.717) is 24.3 Å². The van der Waals surface area contributed by atoms with Gasteiger partial charge in [0.15, 0.2) is 0 Å². The number of halogens is 1. The Balaban J connectivity index is 1.36. The molecule has 0 aliphatic carbocycles. The first-order valence-corrected chi connectivity index (χ1v) is 10.2. The molecule has 0 N–H and O–H groups in total. The number of aromatic nitrogens is 1. The minimum absolute atomic E-state index is 0.294. The van der Waals surface area contributed by atoms with Gasteiger partial charge in [-0.15, -0.1) is 0 Å². The van der Waals surface area contributed by atoms with Crippen LogP contribution in [0.4, 0.5) is 0 Å². The summed E-state index contributed by atoms with van der Waals surface area (Å²) in [5.74, 6) is 0.878. The highest BCUT2D eigenvalue weighted by Crippen LogP contribution is 2.29. The monoisotopic (exact) mass is 383 g/mol. The van der Waals surface area contributed by atoms with E-state index >= 15 is 0 Å². The molecule has 0 saturated carbocycles. The smallest absolute Gasteiger partial charge is 0.223 e. The third-order valence-electron chi connectivity index (χ3n) is 5.78. The van der Waals surface area contributed by atoms with Crippen LogP contribution < -0.4 is 0 Å². The number of aryl methyl sites for hydroxylation is 1. The molecule has 3 aliphatic rings. The first-order valence-electron chi connectivity index (χ1n) is 9.82. The topological polar surface area (TPSA) is 36.4 Å². The maximum Gasteiger partial charge on any atom is 0.223 e. The molecule has 0 radical (unpaired) electrons. The van der Waals surface area contributed by atoms with E-state index < -0.39 is 0 Å². The molecular weight excluding hydrogens is 358 g/mol. The van der Waals surface area contributed by atoms with Crippen LogP contribution in [0.5, 0.6) is 0 Å². The number of nitrogens with zero attached hydrogens (tertiary/aromatic N) is 3. The lowest BCUT2D eigenvalue weighted by atomic mass is 9.94. The second-order valence-electron chi connectivity index (χ2n) is 7.83. The molecule has 1 aromatic carbocycles. The Morgan fingerprint density at radius 2 is 1.93 bits per heavy atom. The van der Waals surface area contributed by atoms with Crippen molar-refractivity contribution in [1.29, 1.82) is 0 Å². The van der Waals surface area contributed by atoms with Crippen molar-refractivity contribution in [3.63, 3.8) is 0 Å². The molecule has 3 aliphatic heterocycles. The van der Waals surface area contributed by atoms with Gasteiger partial charge < -0.3 is 4.90 Å². The second-order valence-corrected chi connectivity index (χ2v) is 8.26. The van der Waals surface area contributed by atoms with Gasteiger partial charge in [-0.1, -0.05) is 29.8 Å². The van der Waals surface area contributed by atoms with Gasteiger partial charge in [-0.3, -0.25) is 14.7 Å². The van der Waals surface area contributed by atoms with Gasteiger partial charge in [-0.05, 0) is 54.5 Å². The van der Waals surface area contributed by atoms with Crippen LogP contribution in [0.3, 0.4) is 0 Å². The molecule has 27 heavy (non-hydrogen) atoms. The summed E-state index contributed by atoms with van der Waals surface area (Å²) in [5.41, 5.74) is 2.42. The molecule has 0 unspecified atom stereocenters. The highest BCUT2D eigenvalue weighted by Gasteiger charge is 2.36. The SMILES string of the molecule is O=C(CCc1ccc(Cl)cc1)N1C[C@H]2CC[C@@H]1CN(Cc1cccnc1)C2. The molecule has 2 aromatic rings. The summed E-state index contributed by atoms with van der Waals surface area (Å²) in [7, 11) is 0. The van der Waals surface area contributed by atoms with Gasteiger partial charge in [0.1, 0.15) is 0 Å². The van der Waals surface area contributed by atoms with Crippen LogP contribution >= 0.6 is 11.6 Å². The first-order chi connectivity index (χ1) is 13.2. The fourth-order valence-electron chi connectivity index (χ4n) is 4.41. The number of hydrogen-bond donors (Lipinski definition) is 0. The summed E-state index contributed by atoms with van der Waals surface area (Å²) in [6, 6.07) is 12.3. The Morgan fingerprint density at radius 3 is 2.70 bits per heavy atom. The van der Waals surface area contributed by atoms with Crippen LogP contribution in [0.2, 0.25) is 5.02 Å². The molecule has 4 heterocycles. The van der Waals surface area contributed by atoms with E-state index in [9.17, 15) is 4.79 Å². The van der Waals surface area contributed by atoms with E-state index in [1.54, 1.807) is 0 Å². The van der Waals surface area contributed by atoms with Crippen molar-refractivity contribution in [1.82, 2.24) is 14.8 Å². The fourth-order valence-corrected chi connectivity index (χ4v) is 4.54. The van der Waals surface area contributed by atoms with Gasteiger partial charge in [0.25, 0.3) is 0 Å². The molecule has 3 fully saturated rings. The number of carbonyl (C=O) groups is 1. The summed E-state index contributed by atoms with van der Waals surface area (Å²) in [4.78, 5) is 21.8. The molecule has 1 aromatic heterocycles. The number of piperidine rings is 1. The van der Waals surface area contributed by atoms with Gasteiger partial charge in [-0.25, -0.2) is 0 Å². The molecule has 2 bridgehead atoms. The summed E-state index contributed by atoms with van der Waals surface area (Å²) < 4.78 is 0. The lowest BCUT2D eigenvalue weighted by molar-refractivity contribution is -0.135. The fraction of sp³-hybridized carbons (Fsp3) is 0.455. The molecule has 2 atom stereocenters. The van der Waals surface area contributed by atoms with Crippen molar-refractivity contribution in [3.05, 3.63) is 64.9 Å². The van der Waals surface area contributed by atoms with E-state index in [2.05, 4.69) is 20.9 Å². The van der Waals surface area contributed by atoms with E-state index in [-0.39, 0.29) is 0 Å². The second kappa shape index (κ2) is 8.41. The molecular formula is C22H26ClN3O. The molecule has 3 saturated heterocycles. The van der Waals surface area contributed by atoms with Crippen LogP contribution in [0, 0.1) is 5.92 Å². The zero-order valence-electron chi connectivity index (χ0n) is 15.6. The highest BCUT2D eigenvalue weighted by atomic mass is 35.5. The number of benzene rings is 1. The molecule has 1 amide bonds. The van der Waals surface area contributed by atoms with Gasteiger partial charge in [0.05, 0.1) is 0 Å². The van der Waals surface area contributed by atoms with Crippen molar-refractivity contribution in [2.45, 2.75) is 38.3 Å². The quantitative estimate of drug-likeness (QED) is 0.788. The minimum Gasteiger partial charge on any atom is -0.338 e. The standard InChI is InChI=1S/C22H26ClN3O/c23-20-7-3-17(4-8-20)6-10-22(27)26-15-19-5-9-21(26)16-25(14-19)13-18-2-1-11-24-12-18/h1-4,7-8,11-12,19,21H,5-6,9-10,13-16H2/t19-,21+/m0/s1. The number of fused-ring (bicyclic) bond motifs is 4. The molecule has 5 rings (SSSR count). The highest BCUT2D eigenvalue weighted by molar-refractivity contribution is 6.30. The summed E-state index contributed by atoms with van der Waals surface area (Å²) in [6.45, 7) is 3.88. The molecule has 0 spiro atoms. The number of hydrogen-bond acceptors (Lipinski definition) is 3. The summed E-state index contributed by atoms with van der Waals surface area (Å²) in [6.07, 6.45) is 7.48. The number of rotatable bonds is 5. The maximum atomic E-state index is 12.9. The van der Waals surface area contributed by atoms with Crippen molar-refractivity contribution >= 4 is 17.5 Å². The average molecular weight is 384 g/mol. The van der Waals surface area contributed by atoms with E-state index in [0.717, 1.165) is 44.0 Å². The minimum atomic E-state index is 0.294. The number of amides is 1. The summed E-state index contributed by atoms with van der Waals surface area (Å²) in [5, 5.41) is 0.739. The Labute approximate surface area is 166 Å². The summed E-state index contributed by atoms with van der Waals surface area (Å²) >= 11 is 5.94. The van der Waals surface area contributed by atoms with Crippen LogP contribution in [0.25, 0.3) is 0 Å². The average Bonchev–Trinajstić information content (AvgIpc) is 2.99. The van der Waals surface area contributed by atoms with Gasteiger partial charge in [-0.2, -0.15) is 0 Å². The van der Waals surface area contributed by atoms with Crippen molar-refractivity contribution < 1.29 is 4.79 Å². The Hall–Kier alpha value is -1.91. The Morgan fingerprint density at radius 1 is 1.07 bits per heavy atom. The maximum absolute atomic E-state index is 12.9. The number of pyridine rings is 1. The van der Waals surface area contributed by atoms with Crippen LogP contribution in [-0.2, 0) is 17.8 Å². The molecule has 142 valence electrons. The zero-order valence-corrected chi connectivity index (χ0v) is 16.3.